The lowest BCUT2D eigenvalue weighted by molar-refractivity contribution is -0.121. The highest BCUT2D eigenvalue weighted by atomic mass is 35.5. The molecular weight excluding hydrogens is 409 g/mol. The maximum absolute atomic E-state index is 13.6. The second-order valence-corrected chi connectivity index (χ2v) is 8.27. The standard InChI is InChI=1S/C18H19ClFN3O4S/c1-12-9-13(7-8-17(12)27-3)28(25,26)23(2)11-18(24)22-21-10-14-15(19)5-4-6-16(14)20/h4-10H,11H2,1-3H3,(H,22,24)/b21-10+. The van der Waals surface area contributed by atoms with Crippen LogP contribution in [0.15, 0.2) is 46.4 Å². The van der Waals surface area contributed by atoms with Gasteiger partial charge in [0.25, 0.3) is 5.91 Å². The van der Waals surface area contributed by atoms with Crippen molar-refractivity contribution in [2.24, 2.45) is 5.10 Å². The van der Waals surface area contributed by atoms with E-state index in [1.165, 1.54) is 44.5 Å². The number of nitrogens with zero attached hydrogens (tertiary/aromatic N) is 2. The van der Waals surface area contributed by atoms with E-state index < -0.39 is 28.3 Å². The number of sulfonamides is 1. The third-order valence-corrected chi connectivity index (χ3v) is 5.95. The van der Waals surface area contributed by atoms with E-state index in [-0.39, 0.29) is 15.5 Å². The quantitative estimate of drug-likeness (QED) is 0.543. The Labute approximate surface area is 167 Å². The summed E-state index contributed by atoms with van der Waals surface area (Å²) in [6.07, 6.45) is 1.05. The summed E-state index contributed by atoms with van der Waals surface area (Å²) in [5, 5.41) is 3.75. The largest absolute Gasteiger partial charge is 0.496 e. The van der Waals surface area contributed by atoms with Crippen molar-refractivity contribution in [1.82, 2.24) is 9.73 Å². The highest BCUT2D eigenvalue weighted by molar-refractivity contribution is 7.89. The molecule has 0 aliphatic rings. The van der Waals surface area contributed by atoms with Crippen LogP contribution >= 0.6 is 11.6 Å². The fourth-order valence-corrected chi connectivity index (χ4v) is 3.74. The van der Waals surface area contributed by atoms with Crippen molar-refractivity contribution >= 4 is 33.7 Å². The molecule has 0 bridgehead atoms. The van der Waals surface area contributed by atoms with Crippen LogP contribution in [0.2, 0.25) is 5.02 Å². The molecule has 150 valence electrons. The lowest BCUT2D eigenvalue weighted by Gasteiger charge is -2.17. The SMILES string of the molecule is COc1ccc(S(=O)(=O)N(C)CC(=O)N/N=C/c2c(F)cccc2Cl)cc1C. The van der Waals surface area contributed by atoms with Gasteiger partial charge in [-0.2, -0.15) is 9.41 Å². The molecule has 0 fully saturated rings. The highest BCUT2D eigenvalue weighted by Crippen LogP contribution is 2.23. The molecule has 0 spiro atoms. The third-order valence-electron chi connectivity index (χ3n) is 3.82. The molecule has 1 N–H and O–H groups in total. The molecule has 0 aliphatic heterocycles. The van der Waals surface area contributed by atoms with E-state index in [4.69, 9.17) is 16.3 Å². The number of benzene rings is 2. The number of carbonyl (C=O) groups is 1. The molecule has 0 radical (unpaired) electrons. The van der Waals surface area contributed by atoms with Gasteiger partial charge in [0.15, 0.2) is 0 Å². The topological polar surface area (TPSA) is 88.1 Å². The number of methoxy groups -OCH3 is 1. The fraction of sp³-hybridized carbons (Fsp3) is 0.222. The van der Waals surface area contributed by atoms with Crippen LogP contribution in [0.4, 0.5) is 4.39 Å². The summed E-state index contributed by atoms with van der Waals surface area (Å²) in [5.41, 5.74) is 2.81. The molecule has 0 aliphatic carbocycles. The van der Waals surface area contributed by atoms with Crippen LogP contribution in [0.1, 0.15) is 11.1 Å². The molecule has 10 heteroatoms. The van der Waals surface area contributed by atoms with E-state index in [1.807, 2.05) is 0 Å². The minimum atomic E-state index is -3.89. The van der Waals surface area contributed by atoms with Gasteiger partial charge < -0.3 is 4.74 Å². The smallest absolute Gasteiger partial charge is 0.255 e. The Bertz CT molecular complexity index is 992. The number of hydrogen-bond acceptors (Lipinski definition) is 5. The van der Waals surface area contributed by atoms with Crippen LogP contribution in [0.25, 0.3) is 0 Å². The molecule has 0 atom stereocenters. The number of carbonyl (C=O) groups excluding carboxylic acids is 1. The molecule has 0 heterocycles. The first kappa shape index (κ1) is 21.8. The number of likely N-dealkylation sites (N-methyl/N-ethyl adjacent to an activating group) is 1. The third kappa shape index (κ3) is 5.06. The first-order chi connectivity index (χ1) is 13.2. The molecule has 0 saturated carbocycles. The van der Waals surface area contributed by atoms with Crippen LogP contribution < -0.4 is 10.2 Å². The van der Waals surface area contributed by atoms with Crippen LogP contribution in [0.3, 0.4) is 0 Å². The second kappa shape index (κ2) is 9.13. The van der Waals surface area contributed by atoms with E-state index in [1.54, 1.807) is 13.0 Å². The summed E-state index contributed by atoms with van der Waals surface area (Å²) in [6, 6.07) is 8.51. The summed E-state index contributed by atoms with van der Waals surface area (Å²) in [6.45, 7) is 1.24. The molecule has 2 rings (SSSR count). The van der Waals surface area contributed by atoms with Gasteiger partial charge in [-0.25, -0.2) is 18.2 Å². The van der Waals surface area contributed by atoms with Crippen molar-refractivity contribution in [2.45, 2.75) is 11.8 Å². The number of hydrazone groups is 1. The Morgan fingerprint density at radius 1 is 1.36 bits per heavy atom. The van der Waals surface area contributed by atoms with E-state index >= 15 is 0 Å². The van der Waals surface area contributed by atoms with Crippen LogP contribution in [-0.4, -0.2) is 45.5 Å². The molecule has 0 saturated heterocycles. The summed E-state index contributed by atoms with van der Waals surface area (Å²) in [5.74, 6) is -0.736. The Hall–Kier alpha value is -2.49. The van der Waals surface area contributed by atoms with Crippen LogP contribution in [0.5, 0.6) is 5.75 Å². The molecule has 2 aromatic carbocycles. The van der Waals surface area contributed by atoms with Gasteiger partial charge in [-0.1, -0.05) is 17.7 Å². The van der Waals surface area contributed by atoms with Gasteiger partial charge in [-0.3, -0.25) is 4.79 Å². The molecule has 1 amide bonds. The van der Waals surface area contributed by atoms with Crippen molar-refractivity contribution in [3.8, 4) is 5.75 Å². The average Bonchev–Trinajstić information content (AvgIpc) is 2.64. The van der Waals surface area contributed by atoms with Crippen molar-refractivity contribution in [3.63, 3.8) is 0 Å². The monoisotopic (exact) mass is 427 g/mol. The zero-order valence-corrected chi connectivity index (χ0v) is 17.0. The Kier molecular flexibility index (Phi) is 7.11. The number of hydrogen-bond donors (Lipinski definition) is 1. The van der Waals surface area contributed by atoms with Crippen LogP contribution in [0, 0.1) is 12.7 Å². The number of ether oxygens (including phenoxy) is 1. The zero-order valence-electron chi connectivity index (χ0n) is 15.4. The molecule has 0 aromatic heterocycles. The first-order valence-corrected chi connectivity index (χ1v) is 9.85. The summed E-state index contributed by atoms with van der Waals surface area (Å²) in [4.78, 5) is 12.0. The van der Waals surface area contributed by atoms with Crippen molar-refractivity contribution in [3.05, 3.63) is 58.4 Å². The maximum atomic E-state index is 13.6. The number of aryl methyl sites for hydroxylation is 1. The molecule has 2 aromatic rings. The number of nitrogens with one attached hydrogen (secondary N) is 1. The van der Waals surface area contributed by atoms with E-state index in [0.717, 1.165) is 10.5 Å². The normalized spacial score (nSPS) is 11.8. The molecule has 28 heavy (non-hydrogen) atoms. The number of rotatable bonds is 7. The van der Waals surface area contributed by atoms with E-state index in [0.29, 0.717) is 11.3 Å². The zero-order chi connectivity index (χ0) is 20.9. The molecule has 0 unspecified atom stereocenters. The summed E-state index contributed by atoms with van der Waals surface area (Å²) >= 11 is 5.85. The van der Waals surface area contributed by atoms with Crippen LogP contribution in [-0.2, 0) is 14.8 Å². The van der Waals surface area contributed by atoms with Gasteiger partial charge in [0.1, 0.15) is 11.6 Å². The van der Waals surface area contributed by atoms with Gasteiger partial charge in [-0.15, -0.1) is 0 Å². The Morgan fingerprint density at radius 3 is 2.68 bits per heavy atom. The van der Waals surface area contributed by atoms with Gasteiger partial charge in [0, 0.05) is 12.6 Å². The fourth-order valence-electron chi connectivity index (χ4n) is 2.32. The Balaban J connectivity index is 2.05. The summed E-state index contributed by atoms with van der Waals surface area (Å²) in [7, 11) is -1.13. The predicted octanol–water partition coefficient (Wildman–Crippen LogP) is 2.57. The van der Waals surface area contributed by atoms with Crippen molar-refractivity contribution in [2.75, 3.05) is 20.7 Å². The minimum absolute atomic E-state index is 0.0131. The van der Waals surface area contributed by atoms with E-state index in [9.17, 15) is 17.6 Å². The summed E-state index contributed by atoms with van der Waals surface area (Å²) < 4.78 is 44.8. The second-order valence-electron chi connectivity index (χ2n) is 5.82. The molecular formula is C18H19ClFN3O4S. The van der Waals surface area contributed by atoms with Crippen molar-refractivity contribution < 1.29 is 22.3 Å². The first-order valence-electron chi connectivity index (χ1n) is 8.03. The lowest BCUT2D eigenvalue weighted by Crippen LogP contribution is -2.36. The number of halogens is 2. The maximum Gasteiger partial charge on any atom is 0.255 e. The molecule has 7 nitrogen and oxygen atoms in total. The van der Waals surface area contributed by atoms with Gasteiger partial charge in [0.2, 0.25) is 10.0 Å². The average molecular weight is 428 g/mol. The van der Waals surface area contributed by atoms with Gasteiger partial charge in [0.05, 0.1) is 29.8 Å². The highest BCUT2D eigenvalue weighted by Gasteiger charge is 2.23. The van der Waals surface area contributed by atoms with Crippen molar-refractivity contribution in [1.29, 1.82) is 0 Å². The van der Waals surface area contributed by atoms with Gasteiger partial charge in [-0.05, 0) is 42.8 Å². The van der Waals surface area contributed by atoms with Gasteiger partial charge >= 0.3 is 0 Å². The lowest BCUT2D eigenvalue weighted by atomic mass is 10.2. The Morgan fingerprint density at radius 2 is 2.07 bits per heavy atom. The predicted molar refractivity (Wildman–Crippen MR) is 105 cm³/mol. The number of amides is 1. The van der Waals surface area contributed by atoms with E-state index in [2.05, 4.69) is 10.5 Å². The minimum Gasteiger partial charge on any atom is -0.496 e.